The summed E-state index contributed by atoms with van der Waals surface area (Å²) in [6.45, 7) is 6.61. The summed E-state index contributed by atoms with van der Waals surface area (Å²) >= 11 is 6.53. The number of unbranched alkanes of at least 4 members (excludes halogenated alkanes) is 3. The number of esters is 1. The lowest BCUT2D eigenvalue weighted by Crippen LogP contribution is -2.40. The van der Waals surface area contributed by atoms with Crippen LogP contribution in [0, 0.1) is 5.92 Å². The van der Waals surface area contributed by atoms with Crippen molar-refractivity contribution in [2.75, 3.05) is 18.4 Å². The van der Waals surface area contributed by atoms with Crippen LogP contribution < -0.4 is 16.0 Å². The van der Waals surface area contributed by atoms with E-state index in [0.29, 0.717) is 17.4 Å². The van der Waals surface area contributed by atoms with E-state index >= 15 is 0 Å². The van der Waals surface area contributed by atoms with Crippen LogP contribution in [0.5, 0.6) is 0 Å². The van der Waals surface area contributed by atoms with E-state index in [0.717, 1.165) is 81.5 Å². The molecule has 4 rings (SSSR count). The van der Waals surface area contributed by atoms with Gasteiger partial charge in [0.15, 0.2) is 0 Å². The number of aromatic nitrogens is 4. The van der Waals surface area contributed by atoms with E-state index in [1.807, 2.05) is 38.7 Å². The summed E-state index contributed by atoms with van der Waals surface area (Å²) < 4.78 is 7.21. The number of hydrogen-bond acceptors (Lipinski definition) is 8. The highest BCUT2D eigenvalue weighted by Gasteiger charge is 2.27. The molecule has 1 amide bonds. The van der Waals surface area contributed by atoms with Gasteiger partial charge in [-0.2, -0.15) is 5.10 Å². The zero-order valence-corrected chi connectivity index (χ0v) is 26.4. The largest absolute Gasteiger partial charge is 0.459 e. The molecule has 2 heterocycles. The predicted molar refractivity (Wildman–Crippen MR) is 165 cm³/mol. The van der Waals surface area contributed by atoms with Crippen LogP contribution in [-0.4, -0.2) is 62.4 Å². The summed E-state index contributed by atoms with van der Waals surface area (Å²) in [7, 11) is 1.98. The Morgan fingerprint density at radius 2 is 1.74 bits per heavy atom. The Balaban J connectivity index is 1.10. The third-order valence-electron chi connectivity index (χ3n) is 7.86. The molecule has 2 saturated carbocycles. The van der Waals surface area contributed by atoms with E-state index < -0.39 is 5.60 Å². The van der Waals surface area contributed by atoms with Crippen LogP contribution in [0.4, 0.5) is 5.95 Å². The van der Waals surface area contributed by atoms with Crippen molar-refractivity contribution in [1.82, 2.24) is 30.4 Å². The van der Waals surface area contributed by atoms with Crippen LogP contribution in [0.1, 0.15) is 97.1 Å². The zero-order chi connectivity index (χ0) is 30.1. The van der Waals surface area contributed by atoms with Gasteiger partial charge in [0.2, 0.25) is 11.9 Å². The number of amides is 1. The highest BCUT2D eigenvalue weighted by atomic mass is 35.5. The average molecular weight is 602 g/mol. The smallest absolute Gasteiger partial charge is 0.320 e. The van der Waals surface area contributed by atoms with Gasteiger partial charge in [0.1, 0.15) is 5.60 Å². The van der Waals surface area contributed by atoms with Crippen LogP contribution in [-0.2, 0) is 27.8 Å². The van der Waals surface area contributed by atoms with Crippen molar-refractivity contribution in [3.8, 4) is 11.3 Å². The Kier molecular flexibility index (Phi) is 11.6. The SMILES string of the molecule is Cn1ncc(-c2nc(NC3CCC(NC(=O)CCCCCCNCC(=O)OC(C)(C)C)CC3)ncc2Cl)c1CC1CC1. The zero-order valence-electron chi connectivity index (χ0n) is 25.7. The minimum absolute atomic E-state index is 0.138. The standard InChI is InChI=1S/C31H48ClN7O3/c1-31(2,3)42-28(41)20-33-16-8-6-5-7-9-27(40)36-22-12-14-23(15-13-22)37-30-34-19-25(32)29(38-30)24-18-35-39(4)26(24)17-21-10-11-21/h18-19,21-23,33H,5-17,20H2,1-4H3,(H,36,40)(H,34,37,38). The van der Waals surface area contributed by atoms with Crippen molar-refractivity contribution in [1.29, 1.82) is 0 Å². The number of rotatable bonds is 15. The van der Waals surface area contributed by atoms with Gasteiger partial charge in [0.25, 0.3) is 0 Å². The first-order valence-electron chi connectivity index (χ1n) is 15.6. The van der Waals surface area contributed by atoms with Crippen LogP contribution in [0.3, 0.4) is 0 Å². The normalized spacial score (nSPS) is 19.0. The Morgan fingerprint density at radius 3 is 2.45 bits per heavy atom. The molecule has 0 radical (unpaired) electrons. The Bertz CT molecular complexity index is 1180. The maximum Gasteiger partial charge on any atom is 0.320 e. The van der Waals surface area contributed by atoms with E-state index in [2.05, 4.69) is 26.0 Å². The maximum atomic E-state index is 12.5. The van der Waals surface area contributed by atoms with E-state index in [1.54, 1.807) is 6.20 Å². The predicted octanol–water partition coefficient (Wildman–Crippen LogP) is 5.20. The minimum Gasteiger partial charge on any atom is -0.459 e. The molecule has 2 aliphatic carbocycles. The van der Waals surface area contributed by atoms with Gasteiger partial charge >= 0.3 is 5.97 Å². The van der Waals surface area contributed by atoms with Gasteiger partial charge in [0.05, 0.1) is 29.7 Å². The second kappa shape index (κ2) is 15.1. The number of anilines is 1. The molecule has 2 aromatic heterocycles. The van der Waals surface area contributed by atoms with E-state index in [1.165, 1.54) is 18.5 Å². The molecule has 0 bridgehead atoms. The monoisotopic (exact) mass is 601 g/mol. The molecular formula is C31H48ClN7O3. The molecule has 0 aliphatic heterocycles. The fraction of sp³-hybridized carbons (Fsp3) is 0.710. The topological polar surface area (TPSA) is 123 Å². The number of aryl methyl sites for hydroxylation is 1. The Labute approximate surface area is 255 Å². The fourth-order valence-corrected chi connectivity index (χ4v) is 5.64. The molecule has 0 atom stereocenters. The van der Waals surface area contributed by atoms with Gasteiger partial charge in [0, 0.05) is 36.8 Å². The van der Waals surface area contributed by atoms with E-state index in [4.69, 9.17) is 21.3 Å². The number of nitrogens with one attached hydrogen (secondary N) is 3. The van der Waals surface area contributed by atoms with Gasteiger partial charge in [-0.25, -0.2) is 9.97 Å². The molecule has 3 N–H and O–H groups in total. The molecule has 10 nitrogen and oxygen atoms in total. The molecule has 2 fully saturated rings. The van der Waals surface area contributed by atoms with Crippen LogP contribution in [0.2, 0.25) is 5.02 Å². The first-order chi connectivity index (χ1) is 20.1. The van der Waals surface area contributed by atoms with Crippen molar-refractivity contribution in [2.45, 2.75) is 116 Å². The van der Waals surface area contributed by atoms with Crippen molar-refractivity contribution in [3.63, 3.8) is 0 Å². The highest BCUT2D eigenvalue weighted by Crippen LogP contribution is 2.37. The third kappa shape index (κ3) is 10.5. The molecule has 0 saturated heterocycles. The molecule has 42 heavy (non-hydrogen) atoms. The number of halogens is 1. The number of carbonyl (C=O) groups is 2. The lowest BCUT2D eigenvalue weighted by atomic mass is 9.91. The molecule has 0 aromatic carbocycles. The highest BCUT2D eigenvalue weighted by molar-refractivity contribution is 6.33. The second-order valence-corrected chi connectivity index (χ2v) is 13.3. The molecule has 0 unspecified atom stereocenters. The van der Waals surface area contributed by atoms with Gasteiger partial charge in [-0.1, -0.05) is 24.4 Å². The molecule has 232 valence electrons. The van der Waals surface area contributed by atoms with Gasteiger partial charge < -0.3 is 20.7 Å². The van der Waals surface area contributed by atoms with Crippen LogP contribution in [0.15, 0.2) is 12.4 Å². The Hall–Kier alpha value is -2.72. The van der Waals surface area contributed by atoms with E-state index in [-0.39, 0.29) is 30.5 Å². The summed E-state index contributed by atoms with van der Waals surface area (Å²) in [6.07, 6.45) is 15.3. The summed E-state index contributed by atoms with van der Waals surface area (Å²) in [5, 5.41) is 14.9. The lowest BCUT2D eigenvalue weighted by Gasteiger charge is -2.29. The molecule has 2 aromatic rings. The fourth-order valence-electron chi connectivity index (χ4n) is 5.45. The molecule has 0 spiro atoms. The van der Waals surface area contributed by atoms with Gasteiger partial charge in [-0.3, -0.25) is 14.3 Å². The van der Waals surface area contributed by atoms with Crippen molar-refractivity contribution in [2.24, 2.45) is 13.0 Å². The molecule has 2 aliphatic rings. The lowest BCUT2D eigenvalue weighted by molar-refractivity contribution is -0.153. The number of hydrogen-bond donors (Lipinski definition) is 3. The maximum absolute atomic E-state index is 12.5. The molecular weight excluding hydrogens is 554 g/mol. The van der Waals surface area contributed by atoms with Crippen LogP contribution >= 0.6 is 11.6 Å². The molecule has 11 heteroatoms. The summed E-state index contributed by atoms with van der Waals surface area (Å²) in [4.78, 5) is 33.4. The number of ether oxygens (including phenoxy) is 1. The van der Waals surface area contributed by atoms with Crippen molar-refractivity contribution >= 4 is 29.4 Å². The summed E-state index contributed by atoms with van der Waals surface area (Å²) in [6, 6.07) is 0.477. The van der Waals surface area contributed by atoms with E-state index in [9.17, 15) is 9.59 Å². The number of nitrogens with zero attached hydrogens (tertiary/aromatic N) is 4. The summed E-state index contributed by atoms with van der Waals surface area (Å²) in [5.74, 6) is 1.23. The second-order valence-electron chi connectivity index (χ2n) is 12.9. The Morgan fingerprint density at radius 1 is 1.02 bits per heavy atom. The van der Waals surface area contributed by atoms with Gasteiger partial charge in [-0.15, -0.1) is 0 Å². The van der Waals surface area contributed by atoms with Crippen molar-refractivity contribution < 1.29 is 14.3 Å². The van der Waals surface area contributed by atoms with Crippen molar-refractivity contribution in [3.05, 3.63) is 23.1 Å². The summed E-state index contributed by atoms with van der Waals surface area (Å²) in [5.41, 5.74) is 2.44. The quantitative estimate of drug-likeness (QED) is 0.188. The first-order valence-corrected chi connectivity index (χ1v) is 16.0. The average Bonchev–Trinajstić information content (AvgIpc) is 3.68. The minimum atomic E-state index is -0.452. The van der Waals surface area contributed by atoms with Crippen LogP contribution in [0.25, 0.3) is 11.3 Å². The number of carbonyl (C=O) groups excluding carboxylic acids is 2. The van der Waals surface area contributed by atoms with Gasteiger partial charge in [-0.05, 0) is 91.0 Å². The first kappa shape index (κ1) is 32.2. The third-order valence-corrected chi connectivity index (χ3v) is 8.14.